The van der Waals surface area contributed by atoms with E-state index in [1.165, 1.54) is 6.92 Å². The number of fused-ring (bicyclic) bond motifs is 1. The van der Waals surface area contributed by atoms with Gasteiger partial charge in [0, 0.05) is 24.2 Å². The largest absolute Gasteiger partial charge is 0.465 e. The summed E-state index contributed by atoms with van der Waals surface area (Å²) in [6.07, 6.45) is 0.201. The van der Waals surface area contributed by atoms with E-state index in [4.69, 9.17) is 0 Å². The Hall–Kier alpha value is -3.15. The lowest BCUT2D eigenvalue weighted by atomic mass is 9.89. The molecule has 134 valence electrons. The van der Waals surface area contributed by atoms with E-state index < -0.39 is 6.09 Å². The molecule has 0 fully saturated rings. The molecule has 0 saturated heterocycles. The highest BCUT2D eigenvalue weighted by atomic mass is 16.4. The van der Waals surface area contributed by atoms with Gasteiger partial charge < -0.3 is 15.3 Å². The Morgan fingerprint density at radius 3 is 2.38 bits per heavy atom. The third-order valence-corrected chi connectivity index (χ3v) is 4.70. The molecule has 26 heavy (non-hydrogen) atoms. The second-order valence-electron chi connectivity index (χ2n) is 6.49. The van der Waals surface area contributed by atoms with Crippen LogP contribution < -0.4 is 10.2 Å². The summed E-state index contributed by atoms with van der Waals surface area (Å²) in [7, 11) is 0. The smallest absolute Gasteiger partial charge is 0.405 e. The maximum Gasteiger partial charge on any atom is 0.405 e. The Balaban J connectivity index is 2.08. The van der Waals surface area contributed by atoms with Crippen LogP contribution in [0.15, 0.2) is 42.5 Å². The van der Waals surface area contributed by atoms with Gasteiger partial charge in [-0.05, 0) is 42.2 Å². The zero-order valence-electron chi connectivity index (χ0n) is 14.6. The highest BCUT2D eigenvalue weighted by Gasteiger charge is 2.33. The van der Waals surface area contributed by atoms with Crippen LogP contribution in [0, 0.1) is 0 Å². The molecule has 6 heteroatoms. The van der Waals surface area contributed by atoms with Crippen LogP contribution in [0.5, 0.6) is 0 Å². The van der Waals surface area contributed by atoms with Crippen LogP contribution in [0.1, 0.15) is 42.2 Å². The SMILES string of the molecule is CC(=O)N1c2ccc(-c3ccc(C=O)cc3)cc2[C@@H](NC(=O)O)C[C@H]1C. The van der Waals surface area contributed by atoms with Crippen molar-refractivity contribution in [2.75, 3.05) is 4.90 Å². The normalized spacial score (nSPS) is 18.8. The van der Waals surface area contributed by atoms with E-state index in [0.717, 1.165) is 28.7 Å². The van der Waals surface area contributed by atoms with Crippen LogP contribution in [-0.2, 0) is 4.79 Å². The van der Waals surface area contributed by atoms with Crippen molar-refractivity contribution in [1.29, 1.82) is 0 Å². The van der Waals surface area contributed by atoms with Crippen molar-refractivity contribution in [3.63, 3.8) is 0 Å². The molecule has 0 aliphatic carbocycles. The van der Waals surface area contributed by atoms with Gasteiger partial charge in [0.1, 0.15) is 6.29 Å². The van der Waals surface area contributed by atoms with E-state index in [9.17, 15) is 19.5 Å². The van der Waals surface area contributed by atoms with E-state index in [1.54, 1.807) is 17.0 Å². The minimum absolute atomic E-state index is 0.0735. The number of amides is 2. The minimum Gasteiger partial charge on any atom is -0.465 e. The van der Waals surface area contributed by atoms with E-state index in [2.05, 4.69) is 5.32 Å². The summed E-state index contributed by atoms with van der Waals surface area (Å²) in [6.45, 7) is 3.42. The van der Waals surface area contributed by atoms with Gasteiger partial charge in [0.15, 0.2) is 0 Å². The van der Waals surface area contributed by atoms with Gasteiger partial charge in [-0.3, -0.25) is 9.59 Å². The van der Waals surface area contributed by atoms with Crippen LogP contribution in [-0.4, -0.2) is 29.4 Å². The van der Waals surface area contributed by atoms with Crippen molar-refractivity contribution in [3.05, 3.63) is 53.6 Å². The number of nitrogens with zero attached hydrogens (tertiary/aromatic N) is 1. The van der Waals surface area contributed by atoms with E-state index in [-0.39, 0.29) is 18.0 Å². The molecule has 6 nitrogen and oxygen atoms in total. The second kappa shape index (κ2) is 7.00. The topological polar surface area (TPSA) is 86.7 Å². The van der Waals surface area contributed by atoms with Crippen molar-refractivity contribution in [2.24, 2.45) is 0 Å². The highest BCUT2D eigenvalue weighted by molar-refractivity contribution is 5.94. The fraction of sp³-hybridized carbons (Fsp3) is 0.250. The molecule has 3 rings (SSSR count). The number of hydrogen-bond acceptors (Lipinski definition) is 3. The number of nitrogens with one attached hydrogen (secondary N) is 1. The molecular formula is C20H20N2O4. The predicted molar refractivity (Wildman–Crippen MR) is 98.4 cm³/mol. The Morgan fingerprint density at radius 2 is 1.81 bits per heavy atom. The first kappa shape index (κ1) is 17.7. The monoisotopic (exact) mass is 352 g/mol. The first-order chi connectivity index (χ1) is 12.4. The molecule has 2 atom stereocenters. The number of hydrogen-bond donors (Lipinski definition) is 2. The number of carbonyl (C=O) groups excluding carboxylic acids is 2. The Labute approximate surface area is 151 Å². The lowest BCUT2D eigenvalue weighted by Crippen LogP contribution is -2.45. The van der Waals surface area contributed by atoms with Gasteiger partial charge in [0.2, 0.25) is 5.91 Å². The number of aldehydes is 1. The zero-order chi connectivity index (χ0) is 18.8. The number of benzene rings is 2. The molecule has 0 saturated carbocycles. The van der Waals surface area contributed by atoms with Crippen molar-refractivity contribution in [1.82, 2.24) is 5.32 Å². The van der Waals surface area contributed by atoms with Gasteiger partial charge in [0.05, 0.1) is 6.04 Å². The zero-order valence-corrected chi connectivity index (χ0v) is 14.6. The second-order valence-corrected chi connectivity index (χ2v) is 6.49. The predicted octanol–water partition coefficient (Wildman–Crippen LogP) is 3.62. The van der Waals surface area contributed by atoms with Crippen molar-refractivity contribution in [2.45, 2.75) is 32.4 Å². The fourth-order valence-corrected chi connectivity index (χ4v) is 3.56. The maximum absolute atomic E-state index is 12.1. The molecule has 0 spiro atoms. The van der Waals surface area contributed by atoms with Crippen molar-refractivity contribution in [3.8, 4) is 11.1 Å². The van der Waals surface area contributed by atoms with Gasteiger partial charge in [0.25, 0.3) is 0 Å². The van der Waals surface area contributed by atoms with Crippen LogP contribution in [0.25, 0.3) is 11.1 Å². The Bertz CT molecular complexity index is 861. The van der Waals surface area contributed by atoms with Gasteiger partial charge >= 0.3 is 6.09 Å². The number of rotatable bonds is 3. The summed E-state index contributed by atoms with van der Waals surface area (Å²) in [4.78, 5) is 35.8. The number of carboxylic acid groups (broad SMARTS) is 1. The molecule has 0 bridgehead atoms. The Kier molecular flexibility index (Phi) is 4.75. The third-order valence-electron chi connectivity index (χ3n) is 4.70. The maximum atomic E-state index is 12.1. The number of anilines is 1. The lowest BCUT2D eigenvalue weighted by molar-refractivity contribution is -0.117. The van der Waals surface area contributed by atoms with Crippen LogP contribution in [0.4, 0.5) is 10.5 Å². The molecule has 2 aromatic rings. The van der Waals surface area contributed by atoms with Gasteiger partial charge in [-0.2, -0.15) is 0 Å². The van der Waals surface area contributed by atoms with Crippen LogP contribution >= 0.6 is 0 Å². The summed E-state index contributed by atoms with van der Waals surface area (Å²) in [5, 5.41) is 11.7. The molecule has 2 amide bonds. The van der Waals surface area contributed by atoms with E-state index in [1.807, 2.05) is 37.3 Å². The van der Waals surface area contributed by atoms with E-state index >= 15 is 0 Å². The molecule has 1 aliphatic rings. The molecule has 2 aromatic carbocycles. The average molecular weight is 352 g/mol. The summed E-state index contributed by atoms with van der Waals surface area (Å²) in [5.41, 5.74) is 3.91. The summed E-state index contributed by atoms with van der Waals surface area (Å²) >= 11 is 0. The summed E-state index contributed by atoms with van der Waals surface area (Å²) in [5.74, 6) is -0.0735. The molecule has 0 aromatic heterocycles. The van der Waals surface area contributed by atoms with Crippen LogP contribution in [0.2, 0.25) is 0 Å². The average Bonchev–Trinajstić information content (AvgIpc) is 2.60. The van der Waals surface area contributed by atoms with Crippen LogP contribution in [0.3, 0.4) is 0 Å². The standard InChI is InChI=1S/C20H20N2O4/c1-12-9-18(21-20(25)26)17-10-16(7-8-19(17)22(12)13(2)24)15-5-3-14(11-23)4-6-15/h3-8,10-12,18,21H,9H2,1-2H3,(H,25,26)/t12-,18+/m1/s1. The summed E-state index contributed by atoms with van der Waals surface area (Å²) in [6, 6.07) is 12.3. The third kappa shape index (κ3) is 3.31. The van der Waals surface area contributed by atoms with Crippen molar-refractivity contribution >= 4 is 24.0 Å². The van der Waals surface area contributed by atoms with Gasteiger partial charge in [-0.1, -0.05) is 30.3 Å². The molecular weight excluding hydrogens is 332 g/mol. The molecule has 2 N–H and O–H groups in total. The number of carbonyl (C=O) groups is 3. The van der Waals surface area contributed by atoms with E-state index in [0.29, 0.717) is 12.0 Å². The summed E-state index contributed by atoms with van der Waals surface area (Å²) < 4.78 is 0. The first-order valence-electron chi connectivity index (χ1n) is 8.39. The molecule has 1 aliphatic heterocycles. The van der Waals surface area contributed by atoms with Crippen molar-refractivity contribution < 1.29 is 19.5 Å². The molecule has 1 heterocycles. The van der Waals surface area contributed by atoms with Gasteiger partial charge in [-0.15, -0.1) is 0 Å². The highest BCUT2D eigenvalue weighted by Crippen LogP contribution is 2.39. The van der Waals surface area contributed by atoms with Gasteiger partial charge in [-0.25, -0.2) is 4.79 Å². The first-order valence-corrected chi connectivity index (χ1v) is 8.39. The lowest BCUT2D eigenvalue weighted by Gasteiger charge is -2.39. The molecule has 0 unspecified atom stereocenters. The minimum atomic E-state index is -1.09. The quantitative estimate of drug-likeness (QED) is 0.826. The fourth-order valence-electron chi connectivity index (χ4n) is 3.56. The molecule has 0 radical (unpaired) electrons. The Morgan fingerprint density at radius 1 is 1.15 bits per heavy atom.